The van der Waals surface area contributed by atoms with Crippen LogP contribution in [0.4, 0.5) is 22.9 Å². The lowest BCUT2D eigenvalue weighted by atomic mass is 10.0. The van der Waals surface area contributed by atoms with Gasteiger partial charge >= 0.3 is 0 Å². The second-order valence-corrected chi connectivity index (χ2v) is 8.34. The molecule has 2 aliphatic rings. The molecule has 1 aromatic carbocycles. The summed E-state index contributed by atoms with van der Waals surface area (Å²) in [6, 6.07) is 8.29. The minimum Gasteiger partial charge on any atom is -0.367 e. The lowest BCUT2D eigenvalue weighted by molar-refractivity contribution is 0.103. The van der Waals surface area contributed by atoms with Crippen LogP contribution >= 0.6 is 11.6 Å². The number of rotatable bonds is 7. The Balaban J connectivity index is 1.71. The van der Waals surface area contributed by atoms with E-state index in [9.17, 15) is 4.79 Å². The van der Waals surface area contributed by atoms with Crippen molar-refractivity contribution < 1.29 is 4.79 Å². The quantitative estimate of drug-likeness (QED) is 0.616. The van der Waals surface area contributed by atoms with Crippen LogP contribution in [0.25, 0.3) is 0 Å². The first-order chi connectivity index (χ1) is 14.0. The molecular weight excluding hydrogens is 384 g/mol. The van der Waals surface area contributed by atoms with Crippen molar-refractivity contribution in [2.75, 3.05) is 35.8 Å². The van der Waals surface area contributed by atoms with Gasteiger partial charge in [-0.15, -0.1) is 0 Å². The number of aromatic nitrogens is 1. The van der Waals surface area contributed by atoms with Crippen LogP contribution in [0.3, 0.4) is 0 Å². The molecule has 1 N–H and O–H groups in total. The summed E-state index contributed by atoms with van der Waals surface area (Å²) in [6.07, 6.45) is 7.94. The number of ketones is 1. The highest BCUT2D eigenvalue weighted by Crippen LogP contribution is 2.39. The summed E-state index contributed by atoms with van der Waals surface area (Å²) >= 11 is 6.67. The van der Waals surface area contributed by atoms with E-state index < -0.39 is 0 Å². The van der Waals surface area contributed by atoms with Gasteiger partial charge in [-0.05, 0) is 49.9 Å². The Labute approximate surface area is 177 Å². The number of hydrogen-bond acceptors (Lipinski definition) is 5. The number of Topliss-reactive ketones (excluding diaryl/α,β-unsaturated/α-hetero) is 1. The molecule has 2 aromatic rings. The third-order valence-electron chi connectivity index (χ3n) is 5.67. The number of carbonyl (C=O) groups is 1. The minimum absolute atomic E-state index is 0.0484. The molecule has 2 heterocycles. The van der Waals surface area contributed by atoms with Crippen molar-refractivity contribution in [3.8, 4) is 0 Å². The molecule has 0 spiro atoms. The van der Waals surface area contributed by atoms with E-state index in [4.69, 9.17) is 11.6 Å². The van der Waals surface area contributed by atoms with Crippen molar-refractivity contribution >= 4 is 40.3 Å². The number of hydrogen-bond donors (Lipinski definition) is 1. The van der Waals surface area contributed by atoms with E-state index in [-0.39, 0.29) is 5.78 Å². The fourth-order valence-electron chi connectivity index (χ4n) is 3.94. The highest BCUT2D eigenvalue weighted by molar-refractivity contribution is 6.34. The molecule has 0 amide bonds. The van der Waals surface area contributed by atoms with Crippen molar-refractivity contribution in [1.82, 2.24) is 4.98 Å². The Morgan fingerprint density at radius 3 is 2.76 bits per heavy atom. The molecule has 0 bridgehead atoms. The van der Waals surface area contributed by atoms with Gasteiger partial charge in [0.15, 0.2) is 5.78 Å². The topological polar surface area (TPSA) is 48.5 Å². The summed E-state index contributed by atoms with van der Waals surface area (Å²) in [4.78, 5) is 21.7. The minimum atomic E-state index is 0.0484. The highest BCUT2D eigenvalue weighted by Gasteiger charge is 2.28. The molecule has 1 aliphatic carbocycles. The van der Waals surface area contributed by atoms with Crippen LogP contribution in [0.5, 0.6) is 0 Å². The second kappa shape index (κ2) is 8.07. The molecule has 4 rings (SSSR count). The maximum atomic E-state index is 12.9. The summed E-state index contributed by atoms with van der Waals surface area (Å²) in [6.45, 7) is 3.21. The molecule has 0 saturated carbocycles. The average Bonchev–Trinajstić information content (AvgIpc) is 3.46. The first-order valence-electron chi connectivity index (χ1n) is 10.2. The van der Waals surface area contributed by atoms with Gasteiger partial charge in [0.25, 0.3) is 0 Å². The van der Waals surface area contributed by atoms with Gasteiger partial charge in [0.1, 0.15) is 5.82 Å². The Kier molecular flexibility index (Phi) is 5.50. The van der Waals surface area contributed by atoms with Crippen molar-refractivity contribution in [3.05, 3.63) is 52.7 Å². The number of anilines is 4. The molecule has 1 saturated heterocycles. The van der Waals surface area contributed by atoms with Gasteiger partial charge in [-0.25, -0.2) is 4.98 Å². The fourth-order valence-corrected chi connectivity index (χ4v) is 4.21. The van der Waals surface area contributed by atoms with Crippen LogP contribution in [0.1, 0.15) is 43.0 Å². The maximum absolute atomic E-state index is 12.9. The van der Waals surface area contributed by atoms with Gasteiger partial charge in [-0.1, -0.05) is 24.6 Å². The zero-order valence-electron chi connectivity index (χ0n) is 17.2. The first-order valence-corrected chi connectivity index (χ1v) is 10.6. The smallest absolute Gasteiger partial charge is 0.191 e. The van der Waals surface area contributed by atoms with Gasteiger partial charge in [0.05, 0.1) is 28.3 Å². The van der Waals surface area contributed by atoms with Crippen LogP contribution in [0.15, 0.2) is 42.1 Å². The molecule has 6 heteroatoms. The number of halogens is 1. The van der Waals surface area contributed by atoms with Gasteiger partial charge in [0, 0.05) is 37.8 Å². The average molecular weight is 411 g/mol. The van der Waals surface area contributed by atoms with Gasteiger partial charge < -0.3 is 15.1 Å². The molecule has 29 heavy (non-hydrogen) atoms. The summed E-state index contributed by atoms with van der Waals surface area (Å²) in [7, 11) is 3.92. The van der Waals surface area contributed by atoms with E-state index in [1.54, 1.807) is 6.20 Å². The number of allylic oxidation sites excluding steroid dienone is 2. The maximum Gasteiger partial charge on any atom is 0.191 e. The predicted molar refractivity (Wildman–Crippen MR) is 121 cm³/mol. The first kappa shape index (κ1) is 19.8. The predicted octanol–water partition coefficient (Wildman–Crippen LogP) is 5.44. The van der Waals surface area contributed by atoms with Crippen LogP contribution in [0, 0.1) is 0 Å². The van der Waals surface area contributed by atoms with Crippen LogP contribution < -0.4 is 15.1 Å². The zero-order chi connectivity index (χ0) is 20.5. The molecular formula is C23H27ClN4O. The van der Waals surface area contributed by atoms with Crippen LogP contribution in [-0.2, 0) is 0 Å². The third-order valence-corrected chi connectivity index (χ3v) is 5.98. The van der Waals surface area contributed by atoms with Crippen LogP contribution in [0.2, 0.25) is 5.02 Å². The van der Waals surface area contributed by atoms with E-state index >= 15 is 0 Å². The molecule has 1 unspecified atom stereocenters. The Morgan fingerprint density at radius 1 is 1.34 bits per heavy atom. The Hall–Kier alpha value is -2.53. The number of benzene rings is 1. The number of nitrogens with one attached hydrogen (secondary N) is 1. The lowest BCUT2D eigenvalue weighted by Crippen LogP contribution is -2.28. The molecule has 1 aromatic heterocycles. The van der Waals surface area contributed by atoms with E-state index in [0.717, 1.165) is 47.8 Å². The van der Waals surface area contributed by atoms with Crippen molar-refractivity contribution in [2.45, 2.75) is 38.6 Å². The fraction of sp³-hybridized carbons (Fsp3) is 0.391. The number of carbonyl (C=O) groups excluding carboxylic acids is 1. The third kappa shape index (κ3) is 4.10. The Morgan fingerprint density at radius 2 is 2.14 bits per heavy atom. The van der Waals surface area contributed by atoms with E-state index in [0.29, 0.717) is 16.6 Å². The highest BCUT2D eigenvalue weighted by atomic mass is 35.5. The summed E-state index contributed by atoms with van der Waals surface area (Å²) in [5.41, 5.74) is 4.09. The van der Waals surface area contributed by atoms with Crippen molar-refractivity contribution in [1.29, 1.82) is 0 Å². The number of nitrogens with zero attached hydrogens (tertiary/aromatic N) is 3. The summed E-state index contributed by atoms with van der Waals surface area (Å²) in [5, 5.41) is 4.05. The monoisotopic (exact) mass is 410 g/mol. The normalized spacial score (nSPS) is 17.9. The lowest BCUT2D eigenvalue weighted by Gasteiger charge is -2.28. The summed E-state index contributed by atoms with van der Waals surface area (Å²) in [5.74, 6) is 0.932. The van der Waals surface area contributed by atoms with E-state index in [2.05, 4.69) is 22.1 Å². The van der Waals surface area contributed by atoms with E-state index in [1.165, 1.54) is 12.8 Å². The number of pyridine rings is 1. The van der Waals surface area contributed by atoms with Gasteiger partial charge in [-0.3, -0.25) is 4.79 Å². The standard InChI is InChI=1S/C23H27ClN4O/c1-4-17-6-5-11-28(17)21-13-20(18(12-19(21)24)23(29)15-7-8-15)26-16-9-10-22(25-14-16)27(2)3/h7,9-10,12-14,17,26H,4-6,8,11H2,1-3H3. The summed E-state index contributed by atoms with van der Waals surface area (Å²) < 4.78 is 0. The second-order valence-electron chi connectivity index (χ2n) is 7.93. The Bertz CT molecular complexity index is 952. The molecule has 152 valence electrons. The van der Waals surface area contributed by atoms with E-state index in [1.807, 2.05) is 49.3 Å². The molecule has 0 radical (unpaired) electrons. The van der Waals surface area contributed by atoms with Gasteiger partial charge in [-0.2, -0.15) is 0 Å². The van der Waals surface area contributed by atoms with Gasteiger partial charge in [0.2, 0.25) is 0 Å². The van der Waals surface area contributed by atoms with Crippen molar-refractivity contribution in [3.63, 3.8) is 0 Å². The SMILES string of the molecule is CCC1CCCN1c1cc(Nc2ccc(N(C)C)nc2)c(C(=O)C2=CC2)cc1Cl. The molecule has 1 atom stereocenters. The molecule has 1 aliphatic heterocycles. The van der Waals surface area contributed by atoms with Crippen molar-refractivity contribution in [2.24, 2.45) is 0 Å². The largest absolute Gasteiger partial charge is 0.367 e. The van der Waals surface area contributed by atoms with Crippen LogP contribution in [-0.4, -0.2) is 37.4 Å². The molecule has 5 nitrogen and oxygen atoms in total. The zero-order valence-corrected chi connectivity index (χ0v) is 18.0. The molecule has 1 fully saturated rings.